The molecule has 1 rings (SSSR count). The van der Waals surface area contributed by atoms with E-state index in [1.165, 1.54) is 12.0 Å². The third-order valence-corrected chi connectivity index (χ3v) is 1.63. The fourth-order valence-corrected chi connectivity index (χ4v) is 0.944. The lowest BCUT2D eigenvalue weighted by Gasteiger charge is -1.94. The second-order valence-corrected chi connectivity index (χ2v) is 2.71. The molecule has 1 aromatic carbocycles. The summed E-state index contributed by atoms with van der Waals surface area (Å²) >= 11 is 0. The van der Waals surface area contributed by atoms with Crippen molar-refractivity contribution in [2.24, 2.45) is 0 Å². The van der Waals surface area contributed by atoms with E-state index in [4.69, 9.17) is 0 Å². The van der Waals surface area contributed by atoms with Gasteiger partial charge in [0, 0.05) is 0 Å². The lowest BCUT2D eigenvalue weighted by molar-refractivity contribution is 0.314. The molecule has 0 atom stereocenters. The van der Waals surface area contributed by atoms with E-state index >= 15 is 0 Å². The van der Waals surface area contributed by atoms with Gasteiger partial charge in [-0.15, -0.1) is 0 Å². The molecule has 1 radical (unpaired) electrons. The third-order valence-electron chi connectivity index (χ3n) is 1.63. The molecular weight excluding hydrogens is 164 g/mol. The van der Waals surface area contributed by atoms with Crippen molar-refractivity contribution in [3.8, 4) is 0 Å². The molecule has 0 spiro atoms. The van der Waals surface area contributed by atoms with Crippen LogP contribution in [0.3, 0.4) is 0 Å². The van der Waals surface area contributed by atoms with Crippen LogP contribution >= 0.6 is 0 Å². The molecule has 0 fully saturated rings. The van der Waals surface area contributed by atoms with E-state index in [1.807, 2.05) is 37.3 Å². The maximum Gasteiger partial charge on any atom is 0.417 e. The van der Waals surface area contributed by atoms with Gasteiger partial charge in [-0.3, -0.25) is 0 Å². The second kappa shape index (κ2) is 5.14. The number of aryl methyl sites for hydroxylation is 1. The lowest BCUT2D eigenvalue weighted by Crippen LogP contribution is -1.85. The molecule has 0 saturated carbocycles. The van der Waals surface area contributed by atoms with E-state index < -0.39 is 0 Å². The van der Waals surface area contributed by atoms with Gasteiger partial charge in [-0.25, -0.2) is 4.79 Å². The molecular formula is C11H11O2. The number of rotatable bonds is 4. The minimum absolute atomic E-state index is 0.275. The molecule has 0 N–H and O–H groups in total. The standard InChI is InChI=1S/C11H11O2/c1-10-4-6-11(7-5-10)3-2-8-13-9-12/h2-7H,8H2,1H3. The van der Waals surface area contributed by atoms with Crippen LogP contribution in [-0.2, 0) is 9.53 Å². The van der Waals surface area contributed by atoms with Crippen LogP contribution in [-0.4, -0.2) is 13.1 Å². The maximum absolute atomic E-state index is 9.68. The van der Waals surface area contributed by atoms with Gasteiger partial charge in [0.05, 0.1) is 0 Å². The van der Waals surface area contributed by atoms with Gasteiger partial charge < -0.3 is 4.74 Å². The Balaban J connectivity index is 2.49. The fourth-order valence-electron chi connectivity index (χ4n) is 0.944. The minimum Gasteiger partial charge on any atom is -0.453 e. The zero-order valence-corrected chi connectivity index (χ0v) is 7.49. The molecule has 1 aromatic rings. The summed E-state index contributed by atoms with van der Waals surface area (Å²) in [4.78, 5) is 9.68. The molecule has 0 heterocycles. The first-order valence-corrected chi connectivity index (χ1v) is 4.05. The van der Waals surface area contributed by atoms with Crippen molar-refractivity contribution < 1.29 is 9.53 Å². The quantitative estimate of drug-likeness (QED) is 0.655. The summed E-state index contributed by atoms with van der Waals surface area (Å²) in [6.07, 6.45) is 3.67. The van der Waals surface area contributed by atoms with Crippen LogP contribution in [0, 0.1) is 6.92 Å². The van der Waals surface area contributed by atoms with Gasteiger partial charge in [-0.1, -0.05) is 35.9 Å². The zero-order valence-electron chi connectivity index (χ0n) is 7.49. The second-order valence-electron chi connectivity index (χ2n) is 2.71. The van der Waals surface area contributed by atoms with Crippen LogP contribution in [0.1, 0.15) is 11.1 Å². The van der Waals surface area contributed by atoms with E-state index in [0.717, 1.165) is 5.56 Å². The van der Waals surface area contributed by atoms with Crippen molar-refractivity contribution in [3.05, 3.63) is 41.5 Å². The molecule has 0 aliphatic carbocycles. The number of hydrogen-bond acceptors (Lipinski definition) is 2. The van der Waals surface area contributed by atoms with Crippen LogP contribution < -0.4 is 0 Å². The molecule has 0 bridgehead atoms. The summed E-state index contributed by atoms with van der Waals surface area (Å²) < 4.78 is 4.39. The van der Waals surface area contributed by atoms with Gasteiger partial charge >= 0.3 is 6.47 Å². The van der Waals surface area contributed by atoms with E-state index in [0.29, 0.717) is 0 Å². The number of ether oxygens (including phenoxy) is 1. The van der Waals surface area contributed by atoms with Gasteiger partial charge in [-0.2, -0.15) is 0 Å². The predicted octanol–water partition coefficient (Wildman–Crippen LogP) is 2.09. The van der Waals surface area contributed by atoms with Gasteiger partial charge in [0.1, 0.15) is 6.61 Å². The topological polar surface area (TPSA) is 26.3 Å². The molecule has 67 valence electrons. The van der Waals surface area contributed by atoms with Crippen molar-refractivity contribution in [2.45, 2.75) is 6.92 Å². The Bertz CT molecular complexity index is 285. The van der Waals surface area contributed by atoms with Crippen molar-refractivity contribution in [3.63, 3.8) is 0 Å². The average molecular weight is 175 g/mol. The first-order chi connectivity index (χ1) is 6.33. The van der Waals surface area contributed by atoms with Crippen LogP contribution in [0.2, 0.25) is 0 Å². The normalized spacial score (nSPS) is 10.2. The number of benzene rings is 1. The molecule has 0 amide bonds. The molecule has 0 saturated heterocycles. The van der Waals surface area contributed by atoms with Crippen LogP contribution in [0.4, 0.5) is 0 Å². The summed E-state index contributed by atoms with van der Waals surface area (Å²) in [5.41, 5.74) is 2.33. The summed E-state index contributed by atoms with van der Waals surface area (Å²) in [6, 6.07) is 8.09. The SMILES string of the molecule is Cc1ccc(C=CCO[C]=O)cc1. The highest BCUT2D eigenvalue weighted by Gasteiger charge is 1.85. The first-order valence-electron chi connectivity index (χ1n) is 4.05. The zero-order chi connectivity index (χ0) is 9.52. The van der Waals surface area contributed by atoms with Crippen LogP contribution in [0.15, 0.2) is 30.3 Å². The van der Waals surface area contributed by atoms with Gasteiger partial charge in [-0.05, 0) is 18.6 Å². The molecule has 2 nitrogen and oxygen atoms in total. The highest BCUT2D eigenvalue weighted by Crippen LogP contribution is 2.04. The highest BCUT2D eigenvalue weighted by molar-refractivity contribution is 5.50. The Morgan fingerprint density at radius 1 is 1.38 bits per heavy atom. The minimum atomic E-state index is 0.275. The third kappa shape index (κ3) is 3.56. The molecule has 13 heavy (non-hydrogen) atoms. The Morgan fingerprint density at radius 3 is 2.69 bits per heavy atom. The van der Waals surface area contributed by atoms with Crippen molar-refractivity contribution in [1.82, 2.24) is 0 Å². The van der Waals surface area contributed by atoms with E-state index in [2.05, 4.69) is 4.74 Å². The fraction of sp³-hybridized carbons (Fsp3) is 0.182. The van der Waals surface area contributed by atoms with E-state index in [-0.39, 0.29) is 6.61 Å². The smallest absolute Gasteiger partial charge is 0.417 e. The van der Waals surface area contributed by atoms with Gasteiger partial charge in [0.2, 0.25) is 0 Å². The largest absolute Gasteiger partial charge is 0.453 e. The average Bonchev–Trinajstić information content (AvgIpc) is 2.15. The monoisotopic (exact) mass is 175 g/mol. The molecule has 0 unspecified atom stereocenters. The first kappa shape index (κ1) is 9.52. The predicted molar refractivity (Wildman–Crippen MR) is 51.9 cm³/mol. The number of hydrogen-bond donors (Lipinski definition) is 0. The molecule has 0 aromatic heterocycles. The molecule has 0 aliphatic heterocycles. The Labute approximate surface area is 77.8 Å². The van der Waals surface area contributed by atoms with Crippen LogP contribution in [0.5, 0.6) is 0 Å². The summed E-state index contributed by atoms with van der Waals surface area (Å²) in [7, 11) is 0. The van der Waals surface area contributed by atoms with E-state index in [9.17, 15) is 4.79 Å². The Kier molecular flexibility index (Phi) is 3.76. The number of carbonyl (C=O) groups excluding carboxylic acids is 1. The van der Waals surface area contributed by atoms with Crippen molar-refractivity contribution >= 4 is 12.5 Å². The molecule has 2 heteroatoms. The summed E-state index contributed by atoms with van der Waals surface area (Å²) in [6.45, 7) is 3.68. The Hall–Kier alpha value is -1.57. The highest BCUT2D eigenvalue weighted by atomic mass is 16.5. The van der Waals surface area contributed by atoms with Crippen LogP contribution in [0.25, 0.3) is 6.08 Å². The maximum atomic E-state index is 9.68. The lowest BCUT2D eigenvalue weighted by atomic mass is 10.1. The molecule has 0 aliphatic rings. The summed E-state index contributed by atoms with van der Waals surface area (Å²) in [5.74, 6) is 0. The van der Waals surface area contributed by atoms with E-state index in [1.54, 1.807) is 6.08 Å². The van der Waals surface area contributed by atoms with Crippen molar-refractivity contribution in [2.75, 3.05) is 6.61 Å². The van der Waals surface area contributed by atoms with Gasteiger partial charge in [0.15, 0.2) is 0 Å². The Morgan fingerprint density at radius 2 is 2.08 bits per heavy atom. The van der Waals surface area contributed by atoms with Gasteiger partial charge in [0.25, 0.3) is 0 Å². The summed E-state index contributed by atoms with van der Waals surface area (Å²) in [5, 5.41) is 0. The van der Waals surface area contributed by atoms with Crippen molar-refractivity contribution in [1.29, 1.82) is 0 Å².